The molecule has 2 fully saturated rings. The minimum atomic E-state index is -1.91. The van der Waals surface area contributed by atoms with E-state index in [1.54, 1.807) is 0 Å². The first-order valence-corrected chi connectivity index (χ1v) is 14.0. The van der Waals surface area contributed by atoms with Gasteiger partial charge >= 0.3 is 11.9 Å². The van der Waals surface area contributed by atoms with Crippen LogP contribution in [0.4, 0.5) is 0 Å². The maximum atomic E-state index is 11.7. The van der Waals surface area contributed by atoms with E-state index < -0.39 is 50.6 Å². The predicted octanol–water partition coefficient (Wildman–Crippen LogP) is 4.32. The van der Waals surface area contributed by atoms with Crippen molar-refractivity contribution in [3.05, 3.63) is 24.0 Å². The summed E-state index contributed by atoms with van der Waals surface area (Å²) in [7, 11) is -1.91. The Morgan fingerprint density at radius 1 is 1.06 bits per heavy atom. The van der Waals surface area contributed by atoms with Crippen LogP contribution in [0.25, 0.3) is 0 Å². The molecule has 186 valence electrons. The van der Waals surface area contributed by atoms with E-state index in [4.69, 9.17) is 23.7 Å². The van der Waals surface area contributed by atoms with E-state index >= 15 is 0 Å². The topological polar surface area (TPSA) is 85.2 Å². The number of nitrogens with zero attached hydrogens (tertiary/aromatic N) is 1. The fourth-order valence-electron chi connectivity index (χ4n) is 6.02. The van der Waals surface area contributed by atoms with Crippen molar-refractivity contribution in [3.63, 3.8) is 0 Å². The molecular formula is C24H39NO7Si. The summed E-state index contributed by atoms with van der Waals surface area (Å²) in [6, 6.07) is 2.05. The summed E-state index contributed by atoms with van der Waals surface area (Å²) in [6.07, 6.45) is 1.58. The van der Waals surface area contributed by atoms with Crippen LogP contribution < -0.4 is 0 Å². The first kappa shape index (κ1) is 25.9. The summed E-state index contributed by atoms with van der Waals surface area (Å²) in [5, 5.41) is 0. The highest BCUT2D eigenvalue weighted by molar-refractivity contribution is 6.82. The van der Waals surface area contributed by atoms with Gasteiger partial charge in [-0.2, -0.15) is 0 Å². The van der Waals surface area contributed by atoms with E-state index in [9.17, 15) is 9.59 Å². The van der Waals surface area contributed by atoms with Crippen molar-refractivity contribution >= 4 is 20.2 Å². The molecule has 3 heterocycles. The van der Waals surface area contributed by atoms with Crippen molar-refractivity contribution in [2.24, 2.45) is 0 Å². The number of hydrogen-bond acceptors (Lipinski definition) is 7. The molecule has 2 saturated heterocycles. The van der Waals surface area contributed by atoms with Crippen molar-refractivity contribution in [3.8, 4) is 0 Å². The molecule has 0 amide bonds. The quantitative estimate of drug-likeness (QED) is 0.404. The van der Waals surface area contributed by atoms with E-state index in [0.29, 0.717) is 16.6 Å². The van der Waals surface area contributed by atoms with Crippen LogP contribution in [0.5, 0.6) is 0 Å². The number of fused-ring (bicyclic) bond motifs is 1. The van der Waals surface area contributed by atoms with E-state index in [1.165, 1.54) is 13.8 Å². The van der Waals surface area contributed by atoms with Crippen LogP contribution in [0.15, 0.2) is 18.5 Å². The average Bonchev–Trinajstić information content (AvgIpc) is 3.35. The molecule has 2 aliphatic rings. The van der Waals surface area contributed by atoms with Crippen LogP contribution in [0.3, 0.4) is 0 Å². The summed E-state index contributed by atoms with van der Waals surface area (Å²) >= 11 is 0. The summed E-state index contributed by atoms with van der Waals surface area (Å²) < 4.78 is 31.6. The zero-order valence-electron chi connectivity index (χ0n) is 21.3. The second-order valence-corrected chi connectivity index (χ2v) is 16.0. The second kappa shape index (κ2) is 9.52. The van der Waals surface area contributed by atoms with Gasteiger partial charge in [0.2, 0.25) is 0 Å². The fourth-order valence-corrected chi connectivity index (χ4v) is 12.5. The number of aromatic nitrogens is 1. The van der Waals surface area contributed by atoms with Gasteiger partial charge in [0, 0.05) is 25.6 Å². The zero-order valence-corrected chi connectivity index (χ0v) is 22.3. The zero-order chi connectivity index (χ0) is 24.7. The SMILES string of the molecule is CC(=O)OC[C@H]1O[C@@H]2O[C@](C)(c3ccn([Si](C(C)C)(C(C)C)C(C)C)c3)O[C@@H]2[C@@H]1OC(C)=O. The lowest BCUT2D eigenvalue weighted by molar-refractivity contribution is -0.237. The second-order valence-electron chi connectivity index (χ2n) is 10.2. The molecule has 0 unspecified atom stereocenters. The van der Waals surface area contributed by atoms with Gasteiger partial charge in [-0.25, -0.2) is 0 Å². The van der Waals surface area contributed by atoms with Crippen LogP contribution in [0.1, 0.15) is 67.9 Å². The van der Waals surface area contributed by atoms with Crippen LogP contribution in [-0.4, -0.2) is 55.6 Å². The lowest BCUT2D eigenvalue weighted by atomic mass is 10.1. The van der Waals surface area contributed by atoms with Gasteiger partial charge in [0.1, 0.15) is 12.7 Å². The normalized spacial score (nSPS) is 29.7. The third-order valence-electron chi connectivity index (χ3n) is 7.16. The molecule has 9 heteroatoms. The highest BCUT2D eigenvalue weighted by Crippen LogP contribution is 2.47. The van der Waals surface area contributed by atoms with Crippen LogP contribution in [0, 0.1) is 0 Å². The number of ether oxygens (including phenoxy) is 5. The summed E-state index contributed by atoms with van der Waals surface area (Å²) in [5.74, 6) is -1.93. The Bertz CT molecular complexity index is 845. The minimum absolute atomic E-state index is 0.0363. The number of esters is 2. The molecule has 3 rings (SSSR count). The highest BCUT2D eigenvalue weighted by atomic mass is 28.3. The molecule has 0 N–H and O–H groups in total. The van der Waals surface area contributed by atoms with E-state index in [-0.39, 0.29) is 6.61 Å². The maximum absolute atomic E-state index is 11.7. The van der Waals surface area contributed by atoms with Gasteiger partial charge in [0.25, 0.3) is 0 Å². The van der Waals surface area contributed by atoms with Gasteiger partial charge in [-0.1, -0.05) is 41.5 Å². The summed E-state index contributed by atoms with van der Waals surface area (Å²) in [6.45, 7) is 18.4. The van der Waals surface area contributed by atoms with E-state index in [2.05, 4.69) is 58.2 Å². The Kier molecular flexibility index (Phi) is 7.48. The molecule has 33 heavy (non-hydrogen) atoms. The molecule has 0 radical (unpaired) electrons. The van der Waals surface area contributed by atoms with Crippen LogP contribution >= 0.6 is 0 Å². The van der Waals surface area contributed by atoms with Gasteiger partial charge in [-0.15, -0.1) is 0 Å². The maximum Gasteiger partial charge on any atom is 0.303 e. The van der Waals surface area contributed by atoms with Crippen molar-refractivity contribution in [2.75, 3.05) is 6.61 Å². The largest absolute Gasteiger partial charge is 0.463 e. The summed E-state index contributed by atoms with van der Waals surface area (Å²) in [5.41, 5.74) is 2.55. The first-order chi connectivity index (χ1) is 15.3. The lowest BCUT2D eigenvalue weighted by Gasteiger charge is -2.44. The first-order valence-electron chi connectivity index (χ1n) is 11.8. The predicted molar refractivity (Wildman–Crippen MR) is 125 cm³/mol. The number of carbonyl (C=O) groups is 2. The monoisotopic (exact) mass is 481 g/mol. The van der Waals surface area contributed by atoms with Crippen molar-refractivity contribution in [1.29, 1.82) is 0 Å². The van der Waals surface area contributed by atoms with Crippen LogP contribution in [0.2, 0.25) is 16.6 Å². The van der Waals surface area contributed by atoms with Gasteiger partial charge in [-0.05, 0) is 35.8 Å². The van der Waals surface area contributed by atoms with Gasteiger partial charge in [0.15, 0.2) is 32.5 Å². The third-order valence-corrected chi connectivity index (χ3v) is 13.9. The molecule has 0 bridgehead atoms. The number of carbonyl (C=O) groups excluding carboxylic acids is 2. The lowest BCUT2D eigenvalue weighted by Crippen LogP contribution is -2.51. The van der Waals surface area contributed by atoms with Gasteiger partial charge in [-0.3, -0.25) is 9.59 Å². The van der Waals surface area contributed by atoms with Crippen molar-refractivity contribution in [2.45, 2.75) is 109 Å². The molecule has 2 aliphatic heterocycles. The Morgan fingerprint density at radius 3 is 2.18 bits per heavy atom. The molecule has 8 nitrogen and oxygen atoms in total. The van der Waals surface area contributed by atoms with Crippen molar-refractivity contribution in [1.82, 2.24) is 4.23 Å². The Balaban J connectivity index is 1.86. The van der Waals surface area contributed by atoms with Crippen LogP contribution in [-0.2, 0) is 39.1 Å². The number of hydrogen-bond donors (Lipinski definition) is 0. The smallest absolute Gasteiger partial charge is 0.303 e. The molecule has 0 spiro atoms. The van der Waals surface area contributed by atoms with E-state index in [1.807, 2.05) is 13.0 Å². The standard InChI is InChI=1S/C24H39NO7Si/c1-14(2)33(15(3)4,16(5)6)25-11-10-19(12-25)24(9)31-22-21(29-18(8)27)20(13-28-17(7)26)30-23(22)32-24/h10-12,14-16,20-23H,13H2,1-9H3/t20-,21-,22-,23-,24-/m1/s1. The fraction of sp³-hybridized carbons (Fsp3) is 0.750. The Hall–Kier alpha value is -1.68. The average molecular weight is 482 g/mol. The summed E-state index contributed by atoms with van der Waals surface area (Å²) in [4.78, 5) is 23.0. The van der Waals surface area contributed by atoms with Gasteiger partial charge in [0.05, 0.1) is 0 Å². The molecule has 0 saturated carbocycles. The molecule has 0 aliphatic carbocycles. The third kappa shape index (κ3) is 4.65. The van der Waals surface area contributed by atoms with E-state index in [0.717, 1.165) is 5.56 Å². The van der Waals surface area contributed by atoms with Gasteiger partial charge < -0.3 is 27.9 Å². The molecular weight excluding hydrogens is 442 g/mol. The molecule has 0 aromatic carbocycles. The Labute approximate surface area is 197 Å². The highest BCUT2D eigenvalue weighted by Gasteiger charge is 2.59. The molecule has 1 aromatic rings. The molecule has 1 aromatic heterocycles. The minimum Gasteiger partial charge on any atom is -0.463 e. The van der Waals surface area contributed by atoms with Crippen molar-refractivity contribution < 1.29 is 33.3 Å². The molecule has 5 atom stereocenters. The Morgan fingerprint density at radius 2 is 1.67 bits per heavy atom. The number of rotatable bonds is 8.